The third-order valence-corrected chi connectivity index (χ3v) is 3.75. The molecule has 0 aliphatic heterocycles. The van der Waals surface area contributed by atoms with Crippen LogP contribution in [0.5, 0.6) is 0 Å². The van der Waals surface area contributed by atoms with E-state index in [-0.39, 0.29) is 5.56 Å². The third-order valence-electron chi connectivity index (χ3n) is 3.75. The largest absolute Gasteiger partial charge is 0.302 e. The molecule has 3 aromatic rings. The first kappa shape index (κ1) is 13.1. The number of hydrogen-bond donors (Lipinski definition) is 0. The van der Waals surface area contributed by atoms with Crippen molar-refractivity contribution in [3.05, 3.63) is 70.1 Å². The Bertz CT molecular complexity index is 928. The number of hydrogen-bond acceptors (Lipinski definition) is 2. The molecule has 0 radical (unpaired) electrons. The van der Waals surface area contributed by atoms with Crippen molar-refractivity contribution in [1.82, 2.24) is 4.57 Å². The zero-order valence-corrected chi connectivity index (χ0v) is 11.9. The maximum atomic E-state index is 12.4. The SMILES string of the molecule is Cc1ccc(-c2c(C#N)n(C)c(=O)c3ccccc23)cc1. The van der Waals surface area contributed by atoms with E-state index in [4.69, 9.17) is 0 Å². The summed E-state index contributed by atoms with van der Waals surface area (Å²) >= 11 is 0. The van der Waals surface area contributed by atoms with Gasteiger partial charge in [0, 0.05) is 18.0 Å². The monoisotopic (exact) mass is 274 g/mol. The lowest BCUT2D eigenvalue weighted by Crippen LogP contribution is -2.20. The highest BCUT2D eigenvalue weighted by Gasteiger charge is 2.15. The standard InChI is InChI=1S/C18H14N2O/c1-12-7-9-13(10-8-12)17-14-5-3-4-6-15(14)18(21)20(2)16(17)11-19/h3-10H,1-2H3. The molecule has 0 fully saturated rings. The Balaban J connectivity index is 2.51. The summed E-state index contributed by atoms with van der Waals surface area (Å²) in [5.41, 5.74) is 3.17. The molecule has 0 atom stereocenters. The number of aromatic nitrogens is 1. The lowest BCUT2D eigenvalue weighted by Gasteiger charge is -2.13. The van der Waals surface area contributed by atoms with E-state index in [1.54, 1.807) is 13.1 Å². The molecular weight excluding hydrogens is 260 g/mol. The average molecular weight is 274 g/mol. The molecule has 0 aliphatic carbocycles. The van der Waals surface area contributed by atoms with Crippen LogP contribution in [-0.4, -0.2) is 4.57 Å². The minimum atomic E-state index is -0.141. The fraction of sp³-hybridized carbons (Fsp3) is 0.111. The van der Waals surface area contributed by atoms with Crippen LogP contribution in [0.3, 0.4) is 0 Å². The molecule has 0 aliphatic rings. The van der Waals surface area contributed by atoms with Gasteiger partial charge >= 0.3 is 0 Å². The Morgan fingerprint density at radius 1 is 1.00 bits per heavy atom. The van der Waals surface area contributed by atoms with Gasteiger partial charge < -0.3 is 4.57 Å². The van der Waals surface area contributed by atoms with Crippen LogP contribution < -0.4 is 5.56 Å². The highest BCUT2D eigenvalue weighted by Crippen LogP contribution is 2.30. The van der Waals surface area contributed by atoms with Crippen LogP contribution in [0.1, 0.15) is 11.3 Å². The molecule has 2 aromatic carbocycles. The molecule has 0 spiro atoms. The Kier molecular flexibility index (Phi) is 3.08. The van der Waals surface area contributed by atoms with E-state index in [1.165, 1.54) is 4.57 Å². The summed E-state index contributed by atoms with van der Waals surface area (Å²) in [7, 11) is 1.64. The first-order valence-electron chi connectivity index (χ1n) is 6.72. The van der Waals surface area contributed by atoms with Gasteiger partial charge in [-0.05, 0) is 23.9 Å². The summed E-state index contributed by atoms with van der Waals surface area (Å²) in [6.07, 6.45) is 0. The number of aryl methyl sites for hydroxylation is 1. The van der Waals surface area contributed by atoms with E-state index in [2.05, 4.69) is 6.07 Å². The van der Waals surface area contributed by atoms with E-state index >= 15 is 0 Å². The van der Waals surface area contributed by atoms with Crippen LogP contribution in [0.4, 0.5) is 0 Å². The summed E-state index contributed by atoms with van der Waals surface area (Å²) in [6.45, 7) is 2.02. The second kappa shape index (κ2) is 4.92. The molecule has 3 rings (SSSR count). The fourth-order valence-electron chi connectivity index (χ4n) is 2.61. The Morgan fingerprint density at radius 2 is 1.62 bits per heavy atom. The van der Waals surface area contributed by atoms with Crippen LogP contribution in [0.25, 0.3) is 21.9 Å². The van der Waals surface area contributed by atoms with Crippen molar-refractivity contribution in [2.24, 2.45) is 7.05 Å². The van der Waals surface area contributed by atoms with Crippen molar-refractivity contribution < 1.29 is 0 Å². The molecule has 1 heterocycles. The highest BCUT2D eigenvalue weighted by molar-refractivity contribution is 5.98. The van der Waals surface area contributed by atoms with Gasteiger partial charge in [-0.1, -0.05) is 48.0 Å². The van der Waals surface area contributed by atoms with Gasteiger partial charge in [-0.2, -0.15) is 5.26 Å². The van der Waals surface area contributed by atoms with Gasteiger partial charge in [0.15, 0.2) is 0 Å². The van der Waals surface area contributed by atoms with E-state index in [9.17, 15) is 10.1 Å². The van der Waals surface area contributed by atoms with Crippen LogP contribution in [0, 0.1) is 18.3 Å². The lowest BCUT2D eigenvalue weighted by atomic mass is 9.96. The Hall–Kier alpha value is -2.86. The predicted molar refractivity (Wildman–Crippen MR) is 84.1 cm³/mol. The zero-order valence-electron chi connectivity index (χ0n) is 11.9. The minimum Gasteiger partial charge on any atom is -0.302 e. The maximum Gasteiger partial charge on any atom is 0.259 e. The van der Waals surface area contributed by atoms with Crippen molar-refractivity contribution in [3.63, 3.8) is 0 Å². The lowest BCUT2D eigenvalue weighted by molar-refractivity contribution is 0.856. The number of fused-ring (bicyclic) bond motifs is 1. The second-order valence-corrected chi connectivity index (χ2v) is 5.11. The molecule has 3 heteroatoms. The van der Waals surface area contributed by atoms with Crippen LogP contribution in [-0.2, 0) is 7.05 Å². The maximum absolute atomic E-state index is 12.4. The van der Waals surface area contributed by atoms with Gasteiger partial charge in [0.25, 0.3) is 5.56 Å². The van der Waals surface area contributed by atoms with Crippen LogP contribution in [0.2, 0.25) is 0 Å². The summed E-state index contributed by atoms with van der Waals surface area (Å²) in [5.74, 6) is 0. The Labute approximate surface area is 122 Å². The van der Waals surface area contributed by atoms with Crippen LogP contribution in [0.15, 0.2) is 53.3 Å². The summed E-state index contributed by atoms with van der Waals surface area (Å²) in [6, 6.07) is 17.6. The van der Waals surface area contributed by atoms with Crippen molar-refractivity contribution in [2.75, 3.05) is 0 Å². The number of pyridine rings is 1. The first-order valence-corrected chi connectivity index (χ1v) is 6.72. The third kappa shape index (κ3) is 2.02. The molecule has 0 N–H and O–H groups in total. The fourth-order valence-corrected chi connectivity index (χ4v) is 2.61. The van der Waals surface area contributed by atoms with Gasteiger partial charge in [0.1, 0.15) is 11.8 Å². The molecule has 0 unspecified atom stereocenters. The molecule has 0 amide bonds. The Morgan fingerprint density at radius 3 is 2.24 bits per heavy atom. The average Bonchev–Trinajstić information content (AvgIpc) is 2.52. The molecule has 0 bridgehead atoms. The molecule has 0 saturated carbocycles. The van der Waals surface area contributed by atoms with Crippen molar-refractivity contribution in [3.8, 4) is 17.2 Å². The molecule has 1 aromatic heterocycles. The van der Waals surface area contributed by atoms with Crippen molar-refractivity contribution in [2.45, 2.75) is 6.92 Å². The van der Waals surface area contributed by atoms with Gasteiger partial charge in [0.2, 0.25) is 0 Å². The van der Waals surface area contributed by atoms with Gasteiger partial charge in [0.05, 0.1) is 0 Å². The molecule has 21 heavy (non-hydrogen) atoms. The second-order valence-electron chi connectivity index (χ2n) is 5.11. The number of nitrogens with zero attached hydrogens (tertiary/aromatic N) is 2. The number of nitriles is 1. The normalized spacial score (nSPS) is 10.5. The highest BCUT2D eigenvalue weighted by atomic mass is 16.1. The van der Waals surface area contributed by atoms with E-state index in [1.807, 2.05) is 49.4 Å². The van der Waals surface area contributed by atoms with Gasteiger partial charge in [-0.3, -0.25) is 4.79 Å². The van der Waals surface area contributed by atoms with Crippen molar-refractivity contribution >= 4 is 10.8 Å². The molecular formula is C18H14N2O. The summed E-state index contributed by atoms with van der Waals surface area (Å²) in [5, 5.41) is 10.9. The zero-order chi connectivity index (χ0) is 15.0. The minimum absolute atomic E-state index is 0.141. The van der Waals surface area contributed by atoms with E-state index in [0.717, 1.165) is 22.1 Å². The molecule has 0 saturated heterocycles. The quantitative estimate of drug-likeness (QED) is 0.683. The topological polar surface area (TPSA) is 45.8 Å². The van der Waals surface area contributed by atoms with E-state index in [0.29, 0.717) is 11.1 Å². The molecule has 102 valence electrons. The van der Waals surface area contributed by atoms with Gasteiger partial charge in [-0.15, -0.1) is 0 Å². The summed E-state index contributed by atoms with van der Waals surface area (Å²) < 4.78 is 1.43. The van der Waals surface area contributed by atoms with Crippen LogP contribution >= 0.6 is 0 Å². The van der Waals surface area contributed by atoms with E-state index < -0.39 is 0 Å². The number of rotatable bonds is 1. The van der Waals surface area contributed by atoms with Gasteiger partial charge in [-0.25, -0.2) is 0 Å². The molecule has 3 nitrogen and oxygen atoms in total. The predicted octanol–water partition coefficient (Wildman–Crippen LogP) is 3.39. The van der Waals surface area contributed by atoms with Crippen molar-refractivity contribution in [1.29, 1.82) is 5.26 Å². The number of benzene rings is 2. The smallest absolute Gasteiger partial charge is 0.259 e. The summed E-state index contributed by atoms with van der Waals surface area (Å²) in [4.78, 5) is 12.4. The first-order chi connectivity index (χ1) is 10.1.